The first kappa shape index (κ1) is 18.1. The summed E-state index contributed by atoms with van der Waals surface area (Å²) < 4.78 is 28.0. The summed E-state index contributed by atoms with van der Waals surface area (Å²) in [7, 11) is 0. The zero-order chi connectivity index (χ0) is 20.7. The molecule has 1 aliphatic heterocycles. The van der Waals surface area contributed by atoms with Crippen molar-refractivity contribution in [2.75, 3.05) is 6.61 Å². The smallest absolute Gasteiger partial charge is 0.356 e. The van der Waals surface area contributed by atoms with Crippen molar-refractivity contribution in [2.24, 2.45) is 0 Å². The van der Waals surface area contributed by atoms with E-state index in [4.69, 9.17) is 23.0 Å². The van der Waals surface area contributed by atoms with Gasteiger partial charge in [0.2, 0.25) is 23.0 Å². The molecule has 1 atom stereocenters. The van der Waals surface area contributed by atoms with Crippen LogP contribution in [0.25, 0.3) is 22.5 Å². The highest BCUT2D eigenvalue weighted by Gasteiger charge is 2.31. The maximum Gasteiger partial charge on any atom is 0.356 e. The van der Waals surface area contributed by atoms with Crippen LogP contribution in [-0.4, -0.2) is 18.7 Å². The largest absolute Gasteiger partial charge is 0.485 e. The highest BCUT2D eigenvalue weighted by Crippen LogP contribution is 2.34. The second kappa shape index (κ2) is 7.11. The summed E-state index contributed by atoms with van der Waals surface area (Å²) in [5, 5.41) is 0.305. The van der Waals surface area contributed by atoms with Gasteiger partial charge in [-0.3, -0.25) is 4.79 Å². The van der Waals surface area contributed by atoms with Gasteiger partial charge >= 0.3 is 5.97 Å². The second-order valence-electron chi connectivity index (χ2n) is 6.85. The first-order valence-electron chi connectivity index (χ1n) is 9.31. The number of hydrogen-bond acceptors (Lipinski definition) is 7. The van der Waals surface area contributed by atoms with E-state index in [0.717, 1.165) is 5.56 Å². The van der Waals surface area contributed by atoms with Crippen molar-refractivity contribution in [1.29, 1.82) is 0 Å². The fraction of sp³-hybridized carbons (Fsp3) is 0.130. The number of rotatable bonds is 3. The Hall–Kier alpha value is -4.00. The van der Waals surface area contributed by atoms with Crippen LogP contribution in [0.2, 0.25) is 0 Å². The fourth-order valence-electron chi connectivity index (χ4n) is 3.26. The van der Waals surface area contributed by atoms with Crippen LogP contribution in [0.1, 0.15) is 5.56 Å². The molecule has 0 unspecified atom stereocenters. The second-order valence-corrected chi connectivity index (χ2v) is 6.85. The number of carbonyl (C=O) groups is 1. The van der Waals surface area contributed by atoms with Crippen molar-refractivity contribution in [1.82, 2.24) is 0 Å². The molecule has 0 amide bonds. The van der Waals surface area contributed by atoms with Crippen molar-refractivity contribution in [3.8, 4) is 28.8 Å². The lowest BCUT2D eigenvalue weighted by Gasteiger charge is -2.24. The van der Waals surface area contributed by atoms with Gasteiger partial charge in [-0.05, 0) is 43.3 Å². The monoisotopic (exact) mass is 404 g/mol. The third kappa shape index (κ3) is 3.10. The van der Waals surface area contributed by atoms with E-state index in [1.54, 1.807) is 48.5 Å². The molecule has 4 aromatic rings. The van der Waals surface area contributed by atoms with Gasteiger partial charge in [0.15, 0.2) is 17.3 Å². The Bertz CT molecular complexity index is 1300. The molecule has 150 valence electrons. The summed E-state index contributed by atoms with van der Waals surface area (Å²) in [6.45, 7) is 1.82. The number of carbonyl (C=O) groups excluding carboxylic acids is 1. The summed E-state index contributed by atoms with van der Waals surface area (Å²) in [6.07, 6.45) is 0.409. The van der Waals surface area contributed by atoms with E-state index < -0.39 is 17.5 Å². The minimum Gasteiger partial charge on any atom is -0.485 e. The van der Waals surface area contributed by atoms with Crippen molar-refractivity contribution in [3.63, 3.8) is 0 Å². The molecule has 0 saturated carbocycles. The summed E-state index contributed by atoms with van der Waals surface area (Å²) >= 11 is 0. The van der Waals surface area contributed by atoms with E-state index in [1.165, 1.54) is 6.26 Å². The molecule has 30 heavy (non-hydrogen) atoms. The Kier molecular flexibility index (Phi) is 4.28. The average molecular weight is 404 g/mol. The SMILES string of the molecule is Cc1ccc2oc(-c3ccco3)c(OC(=O)[C@H]3COc4ccccc4O3)c(=O)c2c1. The van der Waals surface area contributed by atoms with Crippen LogP contribution in [0.5, 0.6) is 17.2 Å². The highest BCUT2D eigenvalue weighted by molar-refractivity contribution is 5.85. The molecule has 0 radical (unpaired) electrons. The molecule has 0 N–H and O–H groups in total. The molecular weight excluding hydrogens is 388 g/mol. The molecule has 0 saturated heterocycles. The quantitative estimate of drug-likeness (QED) is 0.475. The first-order chi connectivity index (χ1) is 14.6. The minimum absolute atomic E-state index is 0.0341. The first-order valence-corrected chi connectivity index (χ1v) is 9.31. The van der Waals surface area contributed by atoms with E-state index in [9.17, 15) is 9.59 Å². The number of ether oxygens (including phenoxy) is 3. The van der Waals surface area contributed by atoms with E-state index in [1.807, 2.05) is 13.0 Å². The Labute approximate surface area is 170 Å². The molecule has 2 aromatic heterocycles. The zero-order valence-corrected chi connectivity index (χ0v) is 15.9. The van der Waals surface area contributed by atoms with Gasteiger partial charge in [-0.2, -0.15) is 0 Å². The summed E-state index contributed by atoms with van der Waals surface area (Å²) in [4.78, 5) is 26.0. The lowest BCUT2D eigenvalue weighted by molar-refractivity contribution is -0.144. The average Bonchev–Trinajstić information content (AvgIpc) is 3.30. The van der Waals surface area contributed by atoms with Crippen LogP contribution in [0.15, 0.2) is 74.5 Å². The standard InChI is InChI=1S/C23H16O7/c1-13-8-9-15-14(11-13)20(24)22(21(29-15)18-7-4-10-26-18)30-23(25)19-12-27-16-5-2-3-6-17(16)28-19/h2-11,19H,12H2,1H3/t19-/m1/s1. The van der Waals surface area contributed by atoms with Crippen LogP contribution < -0.4 is 19.6 Å². The van der Waals surface area contributed by atoms with Crippen LogP contribution in [0.3, 0.4) is 0 Å². The van der Waals surface area contributed by atoms with Gasteiger partial charge in [0.1, 0.15) is 12.2 Å². The van der Waals surface area contributed by atoms with Gasteiger partial charge in [-0.15, -0.1) is 0 Å². The van der Waals surface area contributed by atoms with Gasteiger partial charge < -0.3 is 23.0 Å². The van der Waals surface area contributed by atoms with Gasteiger partial charge in [-0.25, -0.2) is 4.79 Å². The van der Waals surface area contributed by atoms with Crippen molar-refractivity contribution < 1.29 is 27.8 Å². The van der Waals surface area contributed by atoms with Gasteiger partial charge in [-0.1, -0.05) is 23.8 Å². The van der Waals surface area contributed by atoms with Gasteiger partial charge in [0, 0.05) is 0 Å². The van der Waals surface area contributed by atoms with E-state index in [-0.39, 0.29) is 23.9 Å². The Morgan fingerprint density at radius 1 is 1.07 bits per heavy atom. The summed E-state index contributed by atoms with van der Waals surface area (Å²) in [5.74, 6) is 0.249. The molecule has 2 aromatic carbocycles. The summed E-state index contributed by atoms with van der Waals surface area (Å²) in [5.41, 5.74) is 0.762. The molecule has 0 bridgehead atoms. The highest BCUT2D eigenvalue weighted by atomic mass is 16.6. The Balaban J connectivity index is 1.55. The minimum atomic E-state index is -1.03. The van der Waals surface area contributed by atoms with Crippen LogP contribution in [0.4, 0.5) is 0 Å². The third-order valence-corrected chi connectivity index (χ3v) is 4.72. The molecule has 0 aliphatic carbocycles. The van der Waals surface area contributed by atoms with E-state index >= 15 is 0 Å². The number of fused-ring (bicyclic) bond motifs is 2. The Morgan fingerprint density at radius 3 is 2.70 bits per heavy atom. The fourth-order valence-corrected chi connectivity index (χ4v) is 3.26. The predicted molar refractivity (Wildman–Crippen MR) is 107 cm³/mol. The van der Waals surface area contributed by atoms with Crippen molar-refractivity contribution in [2.45, 2.75) is 13.0 Å². The number of furan rings is 1. The number of benzene rings is 2. The Morgan fingerprint density at radius 2 is 1.90 bits per heavy atom. The summed E-state index contributed by atoms with van der Waals surface area (Å²) in [6, 6.07) is 15.5. The van der Waals surface area contributed by atoms with Crippen LogP contribution >= 0.6 is 0 Å². The van der Waals surface area contributed by atoms with Crippen molar-refractivity contribution in [3.05, 3.63) is 76.6 Å². The van der Waals surface area contributed by atoms with E-state index in [2.05, 4.69) is 0 Å². The van der Waals surface area contributed by atoms with Gasteiger partial charge in [0.25, 0.3) is 0 Å². The topological polar surface area (TPSA) is 88.1 Å². The number of aryl methyl sites for hydroxylation is 1. The molecule has 1 aliphatic rings. The number of para-hydroxylation sites is 2. The number of hydrogen-bond donors (Lipinski definition) is 0. The third-order valence-electron chi connectivity index (χ3n) is 4.72. The number of esters is 1. The predicted octanol–water partition coefficient (Wildman–Crippen LogP) is 4.11. The molecule has 5 rings (SSSR count). The molecule has 3 heterocycles. The normalized spacial score (nSPS) is 15.2. The van der Waals surface area contributed by atoms with Crippen LogP contribution in [0, 0.1) is 6.92 Å². The molecule has 0 spiro atoms. The lowest BCUT2D eigenvalue weighted by atomic mass is 10.1. The molecule has 0 fully saturated rings. The maximum atomic E-state index is 13.2. The van der Waals surface area contributed by atoms with Crippen LogP contribution in [-0.2, 0) is 4.79 Å². The van der Waals surface area contributed by atoms with Crippen molar-refractivity contribution >= 4 is 16.9 Å². The van der Waals surface area contributed by atoms with Gasteiger partial charge in [0.05, 0.1) is 11.6 Å². The molecular formula is C23H16O7. The lowest BCUT2D eigenvalue weighted by Crippen LogP contribution is -2.40. The molecule has 7 nitrogen and oxygen atoms in total. The molecule has 7 heteroatoms. The zero-order valence-electron chi connectivity index (χ0n) is 15.9. The maximum absolute atomic E-state index is 13.2. The van der Waals surface area contributed by atoms with E-state index in [0.29, 0.717) is 22.5 Å².